The van der Waals surface area contributed by atoms with E-state index in [1.807, 2.05) is 13.8 Å². The van der Waals surface area contributed by atoms with Gasteiger partial charge in [0, 0.05) is 31.3 Å². The standard InChI is InChI=1S/C19H27N3O7S/c1-4-9-29-19(24)20-11-17(13-23)21(12-16(20)10-14(2)3)30(27,28)18-7-5-15(6-8-18)22(25)26/h4-8,14,16-17,23H,1,9-13H2,2-3H3/t16-,17-/m0/s1. The molecule has 166 valence electrons. The summed E-state index contributed by atoms with van der Waals surface area (Å²) >= 11 is 0. The minimum atomic E-state index is -4.04. The van der Waals surface area contributed by atoms with Gasteiger partial charge in [-0.2, -0.15) is 4.31 Å². The number of hydrogen-bond acceptors (Lipinski definition) is 7. The van der Waals surface area contributed by atoms with Gasteiger partial charge in [0.1, 0.15) is 6.61 Å². The van der Waals surface area contributed by atoms with Gasteiger partial charge in [-0.05, 0) is 24.5 Å². The number of carbonyl (C=O) groups is 1. The van der Waals surface area contributed by atoms with E-state index in [0.29, 0.717) is 6.42 Å². The molecule has 0 aromatic heterocycles. The summed E-state index contributed by atoms with van der Waals surface area (Å²) in [5, 5.41) is 20.7. The van der Waals surface area contributed by atoms with Crippen molar-refractivity contribution in [3.8, 4) is 0 Å². The molecular formula is C19H27N3O7S. The van der Waals surface area contributed by atoms with Crippen molar-refractivity contribution in [1.29, 1.82) is 0 Å². The molecule has 1 aliphatic rings. The summed E-state index contributed by atoms with van der Waals surface area (Å²) in [5.41, 5.74) is -0.222. The molecule has 0 spiro atoms. The number of ether oxygens (including phenoxy) is 1. The molecule has 0 radical (unpaired) electrons. The number of non-ortho nitro benzene ring substituents is 1. The molecule has 1 fully saturated rings. The van der Waals surface area contributed by atoms with Crippen LogP contribution in [0.2, 0.25) is 0 Å². The van der Waals surface area contributed by atoms with E-state index in [1.54, 1.807) is 0 Å². The molecule has 11 heteroatoms. The molecule has 1 aliphatic heterocycles. The lowest BCUT2D eigenvalue weighted by Crippen LogP contribution is -2.62. The van der Waals surface area contributed by atoms with Crippen LogP contribution < -0.4 is 0 Å². The molecule has 0 unspecified atom stereocenters. The molecule has 10 nitrogen and oxygen atoms in total. The topological polar surface area (TPSA) is 130 Å². The predicted molar refractivity (Wildman–Crippen MR) is 109 cm³/mol. The molecule has 2 atom stereocenters. The van der Waals surface area contributed by atoms with E-state index in [-0.39, 0.29) is 36.2 Å². The molecule has 1 saturated heterocycles. The first-order valence-corrected chi connectivity index (χ1v) is 11.0. The smallest absolute Gasteiger partial charge is 0.410 e. The largest absolute Gasteiger partial charge is 0.445 e. The Balaban J connectivity index is 2.35. The number of amides is 1. The van der Waals surface area contributed by atoms with Gasteiger partial charge in [0.05, 0.1) is 22.5 Å². The van der Waals surface area contributed by atoms with E-state index in [0.717, 1.165) is 12.1 Å². The number of hydrogen-bond donors (Lipinski definition) is 1. The van der Waals surface area contributed by atoms with Gasteiger partial charge >= 0.3 is 6.09 Å². The van der Waals surface area contributed by atoms with Gasteiger partial charge in [-0.15, -0.1) is 0 Å². The Morgan fingerprint density at radius 3 is 2.47 bits per heavy atom. The fourth-order valence-electron chi connectivity index (χ4n) is 3.42. The van der Waals surface area contributed by atoms with E-state index in [1.165, 1.54) is 27.4 Å². The third-order valence-corrected chi connectivity index (χ3v) is 6.75. The lowest BCUT2D eigenvalue weighted by Gasteiger charge is -2.44. The summed E-state index contributed by atoms with van der Waals surface area (Å²) < 4.78 is 32.7. The van der Waals surface area contributed by atoms with Crippen molar-refractivity contribution in [3.05, 3.63) is 47.0 Å². The maximum atomic E-state index is 13.2. The Bertz CT molecular complexity index is 871. The lowest BCUT2D eigenvalue weighted by atomic mass is 9.99. The van der Waals surface area contributed by atoms with Crippen molar-refractivity contribution in [3.63, 3.8) is 0 Å². The number of nitrogens with zero attached hydrogens (tertiary/aromatic N) is 3. The van der Waals surface area contributed by atoms with Crippen molar-refractivity contribution in [2.24, 2.45) is 5.92 Å². The van der Waals surface area contributed by atoms with E-state index in [2.05, 4.69) is 6.58 Å². The molecule has 1 amide bonds. The second-order valence-corrected chi connectivity index (χ2v) is 9.35. The van der Waals surface area contributed by atoms with Crippen LogP contribution in [0.1, 0.15) is 20.3 Å². The quantitative estimate of drug-likeness (QED) is 0.371. The minimum Gasteiger partial charge on any atom is -0.445 e. The van der Waals surface area contributed by atoms with Gasteiger partial charge in [-0.1, -0.05) is 26.5 Å². The number of nitro groups is 1. The maximum Gasteiger partial charge on any atom is 0.410 e. The molecule has 1 aromatic carbocycles. The highest BCUT2D eigenvalue weighted by molar-refractivity contribution is 7.89. The van der Waals surface area contributed by atoms with E-state index in [9.17, 15) is 28.4 Å². The predicted octanol–water partition coefficient (Wildman–Crippen LogP) is 2.00. The summed E-state index contributed by atoms with van der Waals surface area (Å²) in [6.07, 6.45) is 1.38. The Labute approximate surface area is 175 Å². The number of piperazine rings is 1. The van der Waals surface area contributed by atoms with Crippen molar-refractivity contribution in [1.82, 2.24) is 9.21 Å². The van der Waals surface area contributed by atoms with Crippen LogP contribution in [-0.2, 0) is 14.8 Å². The Hall–Kier alpha value is -2.50. The van der Waals surface area contributed by atoms with Crippen LogP contribution in [-0.4, -0.2) is 72.1 Å². The van der Waals surface area contributed by atoms with E-state index in [4.69, 9.17) is 4.74 Å². The molecule has 0 aliphatic carbocycles. The summed E-state index contributed by atoms with van der Waals surface area (Å²) in [7, 11) is -4.04. The second kappa shape index (κ2) is 10.0. The average molecular weight is 442 g/mol. The third-order valence-electron chi connectivity index (χ3n) is 4.81. The van der Waals surface area contributed by atoms with Crippen LogP contribution >= 0.6 is 0 Å². The van der Waals surface area contributed by atoms with Gasteiger partial charge in [0.2, 0.25) is 10.0 Å². The highest BCUT2D eigenvalue weighted by Crippen LogP contribution is 2.28. The number of nitro benzene ring substituents is 1. The van der Waals surface area contributed by atoms with Crippen LogP contribution in [0, 0.1) is 16.0 Å². The molecule has 30 heavy (non-hydrogen) atoms. The molecular weight excluding hydrogens is 414 g/mol. The molecule has 0 saturated carbocycles. The number of aliphatic hydroxyl groups is 1. The number of aliphatic hydroxyl groups excluding tert-OH is 1. The zero-order chi connectivity index (χ0) is 22.5. The highest BCUT2D eigenvalue weighted by Gasteiger charge is 2.42. The van der Waals surface area contributed by atoms with Gasteiger partial charge < -0.3 is 14.7 Å². The van der Waals surface area contributed by atoms with Crippen LogP contribution in [0.4, 0.5) is 10.5 Å². The SMILES string of the molecule is C=CCOC(=O)N1C[C@@H](CO)N(S(=O)(=O)c2ccc([N+](=O)[O-])cc2)C[C@@H]1CC(C)C. The van der Waals surface area contributed by atoms with Crippen molar-refractivity contribution < 1.29 is 28.0 Å². The number of sulfonamides is 1. The minimum absolute atomic E-state index is 0.0219. The summed E-state index contributed by atoms with van der Waals surface area (Å²) in [5.74, 6) is 0.180. The van der Waals surface area contributed by atoms with Crippen molar-refractivity contribution in [2.45, 2.75) is 37.2 Å². The number of rotatable bonds is 8. The average Bonchev–Trinajstić information content (AvgIpc) is 2.71. The van der Waals surface area contributed by atoms with Crippen molar-refractivity contribution >= 4 is 21.8 Å². The van der Waals surface area contributed by atoms with Crippen LogP contribution in [0.25, 0.3) is 0 Å². The Morgan fingerprint density at radius 1 is 1.33 bits per heavy atom. The summed E-state index contributed by atoms with van der Waals surface area (Å²) in [6.45, 7) is 6.90. The van der Waals surface area contributed by atoms with Gasteiger partial charge in [0.25, 0.3) is 5.69 Å². The summed E-state index contributed by atoms with van der Waals surface area (Å²) in [6, 6.07) is 3.27. The molecule has 0 bridgehead atoms. The first-order valence-electron chi connectivity index (χ1n) is 9.53. The molecule has 2 rings (SSSR count). The number of carbonyl (C=O) groups excluding carboxylic acids is 1. The van der Waals surface area contributed by atoms with Crippen molar-refractivity contribution in [2.75, 3.05) is 26.3 Å². The van der Waals surface area contributed by atoms with E-state index < -0.39 is 39.7 Å². The monoisotopic (exact) mass is 441 g/mol. The van der Waals surface area contributed by atoms with Gasteiger partial charge in [-0.3, -0.25) is 10.1 Å². The first-order chi connectivity index (χ1) is 14.1. The first kappa shape index (κ1) is 23.8. The highest BCUT2D eigenvalue weighted by atomic mass is 32.2. The molecule has 1 heterocycles. The normalized spacial score (nSPS) is 20.2. The molecule has 1 aromatic rings. The van der Waals surface area contributed by atoms with E-state index >= 15 is 0 Å². The van der Waals surface area contributed by atoms with Crippen LogP contribution in [0.5, 0.6) is 0 Å². The fraction of sp³-hybridized carbons (Fsp3) is 0.526. The number of benzene rings is 1. The van der Waals surface area contributed by atoms with Gasteiger partial charge in [0.15, 0.2) is 0 Å². The Kier molecular flexibility index (Phi) is 7.93. The molecule has 1 N–H and O–H groups in total. The lowest BCUT2D eigenvalue weighted by molar-refractivity contribution is -0.384. The zero-order valence-electron chi connectivity index (χ0n) is 17.0. The van der Waals surface area contributed by atoms with Gasteiger partial charge in [-0.25, -0.2) is 13.2 Å². The van der Waals surface area contributed by atoms with Crippen LogP contribution in [0.3, 0.4) is 0 Å². The zero-order valence-corrected chi connectivity index (χ0v) is 17.8. The maximum absolute atomic E-state index is 13.2. The Morgan fingerprint density at radius 2 is 1.97 bits per heavy atom. The fourth-order valence-corrected chi connectivity index (χ4v) is 5.07. The third kappa shape index (κ3) is 5.35. The summed E-state index contributed by atoms with van der Waals surface area (Å²) in [4.78, 5) is 24.0. The second-order valence-electron chi connectivity index (χ2n) is 7.46. The van der Waals surface area contributed by atoms with Crippen LogP contribution in [0.15, 0.2) is 41.8 Å².